The van der Waals surface area contributed by atoms with Crippen molar-refractivity contribution in [3.63, 3.8) is 0 Å². The molecule has 21 heteroatoms. The number of piperidine rings is 2. The van der Waals surface area contributed by atoms with Gasteiger partial charge in [0, 0.05) is 94.4 Å². The normalized spacial score (nSPS) is 16.1. The van der Waals surface area contributed by atoms with Crippen LogP contribution in [0.2, 0.25) is 0 Å². The molecule has 9 rings (SSSR count). The Kier molecular flexibility index (Phi) is 21.2. The van der Waals surface area contributed by atoms with Crippen molar-refractivity contribution in [3.8, 4) is 22.9 Å². The second-order valence-corrected chi connectivity index (χ2v) is 21.2. The van der Waals surface area contributed by atoms with Crippen LogP contribution in [0.4, 0.5) is 26.2 Å². The number of likely N-dealkylation sites (N-methyl/N-ethyl adjacent to an activating group) is 1. The molecule has 2 aromatic carbocycles. The number of halogens is 2. The van der Waals surface area contributed by atoms with Gasteiger partial charge in [0.2, 0.25) is 11.8 Å². The monoisotopic (exact) mass is 1130 g/mol. The first kappa shape index (κ1) is 59.5. The van der Waals surface area contributed by atoms with Crippen molar-refractivity contribution in [2.24, 2.45) is 0 Å². The number of Topliss-reactive ketones (excluding diaryl/α,β-unsaturated/α-hetero) is 1. The van der Waals surface area contributed by atoms with Gasteiger partial charge in [0.1, 0.15) is 48.5 Å². The van der Waals surface area contributed by atoms with E-state index in [1.807, 2.05) is 28.9 Å². The van der Waals surface area contributed by atoms with E-state index < -0.39 is 17.4 Å². The molecule has 4 aromatic heterocycles. The summed E-state index contributed by atoms with van der Waals surface area (Å²) in [7, 11) is 1.67. The van der Waals surface area contributed by atoms with Gasteiger partial charge < -0.3 is 49.6 Å². The zero-order valence-electron chi connectivity index (χ0n) is 47.4. The van der Waals surface area contributed by atoms with Crippen LogP contribution in [-0.2, 0) is 38.4 Å². The zero-order chi connectivity index (χ0) is 57.4. The Morgan fingerprint density at radius 1 is 0.878 bits per heavy atom. The first-order valence-electron chi connectivity index (χ1n) is 28.8. The highest BCUT2D eigenvalue weighted by Gasteiger charge is 2.28. The second-order valence-electron chi connectivity index (χ2n) is 21.2. The summed E-state index contributed by atoms with van der Waals surface area (Å²) in [6, 6.07) is 13.5. The molecule has 1 aliphatic carbocycles. The number of hydrogen-bond acceptors (Lipinski definition) is 17. The maximum absolute atomic E-state index is 15.2. The highest BCUT2D eigenvalue weighted by atomic mass is 19.1. The third-order valence-electron chi connectivity index (χ3n) is 15.5. The van der Waals surface area contributed by atoms with Gasteiger partial charge >= 0.3 is 0 Å². The molecule has 3 fully saturated rings. The van der Waals surface area contributed by atoms with Gasteiger partial charge in [-0.3, -0.25) is 14.5 Å². The largest absolute Gasteiger partial charge is 0.486 e. The molecule has 4 N–H and O–H groups in total. The van der Waals surface area contributed by atoms with Crippen molar-refractivity contribution in [1.29, 1.82) is 0 Å². The van der Waals surface area contributed by atoms with Gasteiger partial charge in [0.15, 0.2) is 23.0 Å². The van der Waals surface area contributed by atoms with Crippen LogP contribution in [0, 0.1) is 18.6 Å². The molecule has 1 saturated carbocycles. The van der Waals surface area contributed by atoms with Crippen molar-refractivity contribution in [2.45, 2.75) is 103 Å². The molecule has 0 unspecified atom stereocenters. The Hall–Kier alpha value is -7.17. The van der Waals surface area contributed by atoms with E-state index in [1.54, 1.807) is 32.3 Å². The van der Waals surface area contributed by atoms with Crippen LogP contribution in [0.25, 0.3) is 16.9 Å². The molecule has 3 aliphatic rings. The van der Waals surface area contributed by atoms with E-state index in [1.165, 1.54) is 35.5 Å². The number of carbonyl (C=O) groups excluding carboxylic acids is 2. The number of nitrogens with zero attached hydrogens (tertiary/aromatic N) is 9. The van der Waals surface area contributed by atoms with E-state index in [4.69, 9.17) is 34.4 Å². The van der Waals surface area contributed by atoms with Gasteiger partial charge in [-0.15, -0.1) is 0 Å². The number of nitrogens with two attached hydrogens (primary N) is 1. The predicted octanol–water partition coefficient (Wildman–Crippen LogP) is 7.96. The minimum Gasteiger partial charge on any atom is -0.486 e. The lowest BCUT2D eigenvalue weighted by atomic mass is 9.93. The average molecular weight is 1130 g/mol. The van der Waals surface area contributed by atoms with E-state index in [-0.39, 0.29) is 67.1 Å². The molecule has 2 aliphatic heterocycles. The Labute approximate surface area is 478 Å². The molecule has 6 heterocycles. The average Bonchev–Trinajstić information content (AvgIpc) is 4.43. The number of rotatable bonds is 30. The second kappa shape index (κ2) is 29.2. The summed E-state index contributed by atoms with van der Waals surface area (Å²) in [6.07, 6.45) is 16.9. The first-order valence-corrected chi connectivity index (χ1v) is 28.8. The minimum absolute atomic E-state index is 0.0324. The number of anilines is 3. The van der Waals surface area contributed by atoms with E-state index in [0.29, 0.717) is 81.2 Å². The van der Waals surface area contributed by atoms with Gasteiger partial charge in [0.05, 0.1) is 57.4 Å². The van der Waals surface area contributed by atoms with E-state index in [2.05, 4.69) is 48.2 Å². The number of aryl methyl sites for hydroxylation is 1. The van der Waals surface area contributed by atoms with E-state index >= 15 is 4.39 Å². The summed E-state index contributed by atoms with van der Waals surface area (Å²) in [5, 5.41) is 17.9. The number of nitrogen functional groups attached to an aromatic ring is 1. The van der Waals surface area contributed by atoms with Crippen LogP contribution in [-0.4, -0.2) is 161 Å². The van der Waals surface area contributed by atoms with Crippen LogP contribution in [0.3, 0.4) is 0 Å². The number of benzene rings is 2. The standard InChI is InChI=1S/C61H77F2N11O8/c1-4-43-39-69-74-54(36-55(70-61(43)74)73-20-6-5-8-48(73)18-24-75)65-37-42-10-15-56(66-38-42)81-31-29-79-27-26-78-28-30-80-49-16-21-72(22-17-49)19-7-9-57(77)71(3)23-25-82-59-58(67-40-68-60(59)64)51-35-47(62)32-46(41(51)2)34-53(76)50-14-13-45(33-52(50)63)44-11-12-44/h7,9-10,13-15,32-33,35-36,38-40,44,48-49,65,75H,4-6,8,11-12,16-31,34,37H2,1-3H3,(H2,64,67,68)/b9-7+/t48-/m0/s1. The number of ketones is 1. The fourth-order valence-corrected chi connectivity index (χ4v) is 10.5. The fourth-order valence-electron chi connectivity index (χ4n) is 10.5. The number of amides is 1. The van der Waals surface area contributed by atoms with Gasteiger partial charge in [-0.25, -0.2) is 28.7 Å². The molecular weight excluding hydrogens is 1050 g/mol. The number of nitrogens with one attached hydrogen (secondary N) is 1. The number of hydrogen-bond donors (Lipinski definition) is 3. The molecule has 438 valence electrons. The molecule has 0 bridgehead atoms. The summed E-state index contributed by atoms with van der Waals surface area (Å²) in [5.74, 6) is 0.947. The minimum atomic E-state index is -0.602. The summed E-state index contributed by atoms with van der Waals surface area (Å²) in [5.41, 5.74) is 11.6. The van der Waals surface area contributed by atoms with E-state index in [0.717, 1.165) is 111 Å². The molecule has 0 radical (unpaired) electrons. The number of carbonyl (C=O) groups is 2. The van der Waals surface area contributed by atoms with Gasteiger partial charge in [-0.05, 0) is 117 Å². The quantitative estimate of drug-likeness (QED) is 0.0221. The van der Waals surface area contributed by atoms with Gasteiger partial charge in [0.25, 0.3) is 0 Å². The van der Waals surface area contributed by atoms with Crippen molar-refractivity contribution < 1.29 is 47.2 Å². The van der Waals surface area contributed by atoms with Crippen molar-refractivity contribution in [3.05, 3.63) is 124 Å². The lowest BCUT2D eigenvalue weighted by Crippen LogP contribution is -2.40. The Balaban J connectivity index is 0.612. The Bertz CT molecular complexity index is 3110. The number of aromatic nitrogens is 6. The number of fused-ring (bicyclic) bond motifs is 1. The van der Waals surface area contributed by atoms with Gasteiger partial charge in [-0.1, -0.05) is 25.1 Å². The summed E-state index contributed by atoms with van der Waals surface area (Å²) >= 11 is 0. The topological polar surface area (TPSA) is 217 Å². The molecule has 0 spiro atoms. The zero-order valence-corrected chi connectivity index (χ0v) is 47.4. The first-order chi connectivity index (χ1) is 40.0. The summed E-state index contributed by atoms with van der Waals surface area (Å²) in [4.78, 5) is 50.4. The maximum atomic E-state index is 15.2. The highest BCUT2D eigenvalue weighted by Crippen LogP contribution is 2.41. The number of ether oxygens (including phenoxy) is 5. The van der Waals surface area contributed by atoms with Crippen LogP contribution in [0.5, 0.6) is 11.6 Å². The Morgan fingerprint density at radius 2 is 1.68 bits per heavy atom. The smallest absolute Gasteiger partial charge is 0.246 e. The SMILES string of the molecule is CCc1cnn2c(NCc3ccc(OCCOCCOCCOC4CCN(C/C=C/C(=O)N(C)CCOc5c(N)ncnc5-c5cc(F)cc(CC(=O)c6ccc(C7CC7)cc6F)c5C)CC4)nc3)cc(N3CCCC[C@H]3CCO)nc12. The molecular formula is C61H77F2N11O8. The van der Waals surface area contributed by atoms with Crippen LogP contribution >= 0.6 is 0 Å². The highest BCUT2D eigenvalue weighted by molar-refractivity contribution is 5.98. The number of aliphatic hydroxyl groups excluding tert-OH is 1. The lowest BCUT2D eigenvalue weighted by molar-refractivity contribution is -0.125. The Morgan fingerprint density at radius 3 is 2.44 bits per heavy atom. The maximum Gasteiger partial charge on any atom is 0.246 e. The molecule has 82 heavy (non-hydrogen) atoms. The molecule has 19 nitrogen and oxygen atoms in total. The van der Waals surface area contributed by atoms with E-state index in [9.17, 15) is 19.1 Å². The summed E-state index contributed by atoms with van der Waals surface area (Å²) < 4.78 is 61.4. The molecule has 1 amide bonds. The van der Waals surface area contributed by atoms with Crippen molar-refractivity contribution in [1.82, 2.24) is 39.3 Å². The fraction of sp³-hybridized carbons (Fsp3) is 0.492. The third kappa shape index (κ3) is 15.9. The third-order valence-corrected chi connectivity index (χ3v) is 15.5. The molecule has 2 saturated heterocycles. The lowest BCUT2D eigenvalue weighted by Gasteiger charge is -2.36. The summed E-state index contributed by atoms with van der Waals surface area (Å²) in [6.45, 7) is 10.6. The number of pyridine rings is 1. The number of aliphatic hydroxyl groups is 1. The van der Waals surface area contributed by atoms with Crippen LogP contribution in [0.15, 0.2) is 79.4 Å². The number of likely N-dealkylation sites (tertiary alicyclic amines) is 1. The predicted molar refractivity (Wildman–Crippen MR) is 308 cm³/mol. The van der Waals surface area contributed by atoms with Gasteiger partial charge in [-0.2, -0.15) is 9.61 Å². The molecule has 6 aromatic rings. The van der Waals surface area contributed by atoms with Crippen LogP contribution in [0.1, 0.15) is 102 Å². The molecule has 1 atom stereocenters. The van der Waals surface area contributed by atoms with Crippen molar-refractivity contribution >= 4 is 34.8 Å². The van der Waals surface area contributed by atoms with Crippen LogP contribution < -0.4 is 25.4 Å². The van der Waals surface area contributed by atoms with Crippen molar-refractivity contribution in [2.75, 3.05) is 109 Å².